The number of rotatable bonds is 9. The van der Waals surface area contributed by atoms with Gasteiger partial charge in [-0.15, -0.1) is 0 Å². The third-order valence-corrected chi connectivity index (χ3v) is 4.86. The number of benzene rings is 1. The van der Waals surface area contributed by atoms with Gasteiger partial charge in [0.25, 0.3) is 15.9 Å². The van der Waals surface area contributed by atoms with E-state index in [9.17, 15) is 18.0 Å². The van der Waals surface area contributed by atoms with Crippen molar-refractivity contribution in [2.24, 2.45) is 5.73 Å². The second-order valence-electron chi connectivity index (χ2n) is 5.48. The van der Waals surface area contributed by atoms with E-state index in [0.717, 1.165) is 13.2 Å². The van der Waals surface area contributed by atoms with Crippen LogP contribution in [-0.2, 0) is 24.3 Å². The molecule has 0 atom stereocenters. The number of methoxy groups -OCH3 is 3. The van der Waals surface area contributed by atoms with Crippen LogP contribution in [0.5, 0.6) is 11.9 Å². The Morgan fingerprint density at radius 1 is 1.07 bits per heavy atom. The van der Waals surface area contributed by atoms with Gasteiger partial charge in [-0.2, -0.15) is 9.97 Å². The van der Waals surface area contributed by atoms with Crippen molar-refractivity contribution in [3.63, 3.8) is 0 Å². The largest absolute Gasteiger partial charge is 0.481 e. The van der Waals surface area contributed by atoms with E-state index in [1.165, 1.54) is 44.6 Å². The molecule has 0 radical (unpaired) electrons. The van der Waals surface area contributed by atoms with Crippen molar-refractivity contribution in [1.82, 2.24) is 9.97 Å². The van der Waals surface area contributed by atoms with Gasteiger partial charge in [-0.05, 0) is 24.3 Å². The van der Waals surface area contributed by atoms with Gasteiger partial charge in [0.1, 0.15) is 5.70 Å². The van der Waals surface area contributed by atoms with Crippen molar-refractivity contribution < 1.29 is 32.2 Å². The van der Waals surface area contributed by atoms with Crippen molar-refractivity contribution in [3.8, 4) is 11.9 Å². The molecule has 1 amide bonds. The number of sulfonamides is 1. The fourth-order valence-electron chi connectivity index (χ4n) is 2.07. The van der Waals surface area contributed by atoms with E-state index in [2.05, 4.69) is 24.7 Å². The van der Waals surface area contributed by atoms with Crippen LogP contribution in [0.25, 0.3) is 0 Å². The van der Waals surface area contributed by atoms with Crippen LogP contribution in [0, 0.1) is 0 Å². The molecule has 2 rings (SSSR count). The number of aromatic nitrogens is 2. The molecule has 2 aromatic rings. The maximum Gasteiger partial charge on any atom is 0.332 e. The highest BCUT2D eigenvalue weighted by atomic mass is 32.2. The molecule has 4 N–H and O–H groups in total. The number of carbonyl (C=O) groups excluding carboxylic acids is 2. The minimum Gasteiger partial charge on any atom is -0.481 e. The molecule has 0 saturated carbocycles. The zero-order valence-corrected chi connectivity index (χ0v) is 17.0. The van der Waals surface area contributed by atoms with Crippen LogP contribution in [-0.4, -0.2) is 51.6 Å². The molecule has 1 heterocycles. The molecule has 0 saturated heterocycles. The monoisotopic (exact) mass is 437 g/mol. The van der Waals surface area contributed by atoms with Gasteiger partial charge in [0, 0.05) is 11.8 Å². The van der Waals surface area contributed by atoms with Gasteiger partial charge < -0.3 is 25.3 Å². The van der Waals surface area contributed by atoms with Crippen molar-refractivity contribution >= 4 is 33.4 Å². The summed E-state index contributed by atoms with van der Waals surface area (Å²) in [6, 6.07) is 6.51. The summed E-state index contributed by atoms with van der Waals surface area (Å²) in [5.74, 6) is -1.63. The van der Waals surface area contributed by atoms with E-state index in [0.29, 0.717) is 5.69 Å². The Morgan fingerprint density at radius 2 is 1.73 bits per heavy atom. The van der Waals surface area contributed by atoms with Gasteiger partial charge in [0.2, 0.25) is 5.88 Å². The number of esters is 1. The Bertz CT molecular complexity index is 1050. The molecule has 12 nitrogen and oxygen atoms in total. The molecule has 0 unspecified atom stereocenters. The topological polar surface area (TPSA) is 172 Å². The first-order valence-corrected chi connectivity index (χ1v) is 9.63. The average molecular weight is 437 g/mol. The second kappa shape index (κ2) is 9.56. The number of amides is 1. The lowest BCUT2D eigenvalue weighted by Crippen LogP contribution is -2.21. The smallest absolute Gasteiger partial charge is 0.332 e. The van der Waals surface area contributed by atoms with Crippen LogP contribution in [0.1, 0.15) is 0 Å². The number of nitrogens with zero attached hydrogens (tertiary/aromatic N) is 2. The minimum absolute atomic E-state index is 0.0575. The standard InChI is InChI=1S/C17H19N5O7S/c1-27-14-9-13(20-17(21-14)29-3)22-30(25,26)11-6-4-10(5-7-11)19-12(16(18)24)8-15(23)28-2/h4-9,19H,1-3H3,(H2,18,24)(H,20,21,22)/b12-8-. The fourth-order valence-corrected chi connectivity index (χ4v) is 3.06. The number of primary amides is 1. The number of carbonyl (C=O) groups is 2. The highest BCUT2D eigenvalue weighted by Crippen LogP contribution is 2.22. The first kappa shape index (κ1) is 22.4. The van der Waals surface area contributed by atoms with E-state index in [1.54, 1.807) is 0 Å². The van der Waals surface area contributed by atoms with E-state index in [-0.39, 0.29) is 28.3 Å². The molecular weight excluding hydrogens is 418 g/mol. The van der Waals surface area contributed by atoms with Crippen LogP contribution in [0.4, 0.5) is 11.5 Å². The summed E-state index contributed by atoms with van der Waals surface area (Å²) in [6.07, 6.45) is 0.879. The summed E-state index contributed by atoms with van der Waals surface area (Å²) in [5, 5.41) is 2.62. The lowest BCUT2D eigenvalue weighted by molar-refractivity contribution is -0.135. The lowest BCUT2D eigenvalue weighted by atomic mass is 10.3. The van der Waals surface area contributed by atoms with Gasteiger partial charge in [-0.3, -0.25) is 9.52 Å². The number of hydrogen-bond acceptors (Lipinski definition) is 10. The van der Waals surface area contributed by atoms with Crippen molar-refractivity contribution in [2.45, 2.75) is 4.90 Å². The number of anilines is 2. The molecule has 0 bridgehead atoms. The van der Waals surface area contributed by atoms with Crippen molar-refractivity contribution in [2.75, 3.05) is 31.4 Å². The van der Waals surface area contributed by atoms with Gasteiger partial charge in [-0.1, -0.05) is 0 Å². The highest BCUT2D eigenvalue weighted by molar-refractivity contribution is 7.92. The Labute approximate surface area is 172 Å². The average Bonchev–Trinajstić information content (AvgIpc) is 2.72. The second-order valence-corrected chi connectivity index (χ2v) is 7.16. The molecular formula is C17H19N5O7S. The molecule has 1 aromatic carbocycles. The minimum atomic E-state index is -4.01. The van der Waals surface area contributed by atoms with E-state index in [1.807, 2.05) is 0 Å². The predicted octanol–water partition coefficient (Wildman–Crippen LogP) is 0.249. The summed E-state index contributed by atoms with van der Waals surface area (Å²) in [4.78, 5) is 30.4. The number of nitrogens with one attached hydrogen (secondary N) is 2. The van der Waals surface area contributed by atoms with Crippen LogP contribution in [0.3, 0.4) is 0 Å². The first-order valence-electron chi connectivity index (χ1n) is 8.15. The fraction of sp³-hybridized carbons (Fsp3) is 0.176. The molecule has 0 aliphatic carbocycles. The molecule has 0 spiro atoms. The van der Waals surface area contributed by atoms with E-state index in [4.69, 9.17) is 15.2 Å². The van der Waals surface area contributed by atoms with Crippen LogP contribution >= 0.6 is 0 Å². The van der Waals surface area contributed by atoms with Crippen LogP contribution in [0.2, 0.25) is 0 Å². The Morgan fingerprint density at radius 3 is 2.27 bits per heavy atom. The Balaban J connectivity index is 2.23. The Hall–Kier alpha value is -3.87. The van der Waals surface area contributed by atoms with Crippen molar-refractivity contribution in [3.05, 3.63) is 42.1 Å². The first-order chi connectivity index (χ1) is 14.2. The van der Waals surface area contributed by atoms with Crippen molar-refractivity contribution in [1.29, 1.82) is 0 Å². The third-order valence-electron chi connectivity index (χ3n) is 3.49. The lowest BCUT2D eigenvalue weighted by Gasteiger charge is -2.11. The molecule has 30 heavy (non-hydrogen) atoms. The molecule has 1 aromatic heterocycles. The predicted molar refractivity (Wildman–Crippen MR) is 105 cm³/mol. The quantitative estimate of drug-likeness (QED) is 0.364. The zero-order chi connectivity index (χ0) is 22.3. The maximum absolute atomic E-state index is 12.6. The third kappa shape index (κ3) is 5.81. The zero-order valence-electron chi connectivity index (χ0n) is 16.2. The van der Waals surface area contributed by atoms with Gasteiger partial charge in [0.15, 0.2) is 5.82 Å². The van der Waals surface area contributed by atoms with E-state index < -0.39 is 21.9 Å². The van der Waals surface area contributed by atoms with Crippen LogP contribution < -0.4 is 25.2 Å². The number of hydrogen-bond donors (Lipinski definition) is 3. The highest BCUT2D eigenvalue weighted by Gasteiger charge is 2.17. The number of ether oxygens (including phenoxy) is 3. The molecule has 0 fully saturated rings. The SMILES string of the molecule is COC(=O)/C=C(\Nc1ccc(S(=O)(=O)Nc2cc(OC)nc(OC)n2)cc1)C(N)=O. The molecule has 160 valence electrons. The summed E-state index contributed by atoms with van der Waals surface area (Å²) in [6.45, 7) is 0. The number of nitrogens with two attached hydrogens (primary N) is 1. The summed E-state index contributed by atoms with van der Waals surface area (Å²) in [5.41, 5.74) is 5.29. The van der Waals surface area contributed by atoms with Crippen LogP contribution in [0.15, 0.2) is 47.0 Å². The van der Waals surface area contributed by atoms with Gasteiger partial charge >= 0.3 is 12.0 Å². The molecule has 0 aliphatic heterocycles. The van der Waals surface area contributed by atoms with E-state index >= 15 is 0 Å². The van der Waals surface area contributed by atoms with Gasteiger partial charge in [-0.25, -0.2) is 13.2 Å². The molecule has 13 heteroatoms. The summed E-state index contributed by atoms with van der Waals surface area (Å²) in [7, 11) is -0.173. The summed E-state index contributed by atoms with van der Waals surface area (Å²) < 4.78 is 41.8. The Kier molecular flexibility index (Phi) is 7.14. The maximum atomic E-state index is 12.6. The normalized spacial score (nSPS) is 11.4. The summed E-state index contributed by atoms with van der Waals surface area (Å²) >= 11 is 0. The molecule has 0 aliphatic rings. The van der Waals surface area contributed by atoms with Gasteiger partial charge in [0.05, 0.1) is 32.3 Å².